The van der Waals surface area contributed by atoms with E-state index in [0.717, 1.165) is 47.6 Å². The zero-order valence-corrected chi connectivity index (χ0v) is 20.5. The zero-order chi connectivity index (χ0) is 23.6. The van der Waals surface area contributed by atoms with E-state index in [9.17, 15) is 0 Å². The molecule has 182 valence electrons. The van der Waals surface area contributed by atoms with Crippen LogP contribution in [0.15, 0.2) is 37.2 Å². The molecule has 0 radical (unpaired) electrons. The van der Waals surface area contributed by atoms with Gasteiger partial charge in [0.1, 0.15) is 18.6 Å². The minimum absolute atomic E-state index is 0.0123. The van der Waals surface area contributed by atoms with Crippen LogP contribution in [0.5, 0.6) is 5.75 Å². The number of ether oxygens (including phenoxy) is 4. The molecule has 0 saturated carbocycles. The van der Waals surface area contributed by atoms with Crippen molar-refractivity contribution < 1.29 is 18.9 Å². The summed E-state index contributed by atoms with van der Waals surface area (Å²) in [6.45, 7) is 15.4. The van der Waals surface area contributed by atoms with E-state index < -0.39 is 0 Å². The second-order valence-corrected chi connectivity index (χ2v) is 8.31. The SMILES string of the molecule is C=C1c2cnn(c2)[C@@H](C)COCCOC(C)COc2ccc(NC3CCCCO3)c1c2.CC. The van der Waals surface area contributed by atoms with Gasteiger partial charge in [-0.15, -0.1) is 0 Å². The van der Waals surface area contributed by atoms with E-state index in [4.69, 9.17) is 18.9 Å². The van der Waals surface area contributed by atoms with Crippen LogP contribution in [0.25, 0.3) is 5.57 Å². The van der Waals surface area contributed by atoms with Crippen LogP contribution in [0.4, 0.5) is 5.69 Å². The topological polar surface area (TPSA) is 66.8 Å². The molecule has 0 aliphatic carbocycles. The first-order valence-corrected chi connectivity index (χ1v) is 12.2. The zero-order valence-electron chi connectivity index (χ0n) is 20.5. The number of rotatable bonds is 2. The highest BCUT2D eigenvalue weighted by molar-refractivity contribution is 5.85. The van der Waals surface area contributed by atoms with E-state index in [0.29, 0.717) is 26.4 Å². The molecule has 1 saturated heterocycles. The highest BCUT2D eigenvalue weighted by atomic mass is 16.6. The minimum atomic E-state index is -0.0278. The summed E-state index contributed by atoms with van der Waals surface area (Å²) in [7, 11) is 0. The fourth-order valence-electron chi connectivity index (χ4n) is 3.81. The predicted octanol–water partition coefficient (Wildman–Crippen LogP) is 5.28. The number of aromatic nitrogens is 2. The number of hydrogen-bond acceptors (Lipinski definition) is 6. The first-order chi connectivity index (χ1) is 16.1. The Bertz CT molecular complexity index is 876. The van der Waals surface area contributed by atoms with Gasteiger partial charge in [0, 0.05) is 29.6 Å². The summed E-state index contributed by atoms with van der Waals surface area (Å²) < 4.78 is 25.4. The van der Waals surface area contributed by atoms with Gasteiger partial charge in [-0.05, 0) is 56.9 Å². The number of nitrogens with zero attached hydrogens (tertiary/aromatic N) is 2. The molecule has 7 nitrogen and oxygen atoms in total. The standard InChI is InChI=1S/C24H33N3O4.C2H6/c1-17-15-28-10-11-29-18(2)16-31-21-7-8-23(26-24-6-4-5-9-30-24)22(12-21)19(3)20-13-25-27(17)14-20;1-2/h7-8,12-14,17-18,24,26H,3-6,9-11,15-16H2,1-2H3;1-2H3/t17-,18?,24?;/m0./s1. The monoisotopic (exact) mass is 457 g/mol. The van der Waals surface area contributed by atoms with Crippen molar-refractivity contribution in [1.82, 2.24) is 9.78 Å². The Labute approximate surface area is 198 Å². The van der Waals surface area contributed by atoms with Gasteiger partial charge in [0.05, 0.1) is 38.2 Å². The quantitative estimate of drug-likeness (QED) is 0.661. The highest BCUT2D eigenvalue weighted by Crippen LogP contribution is 2.33. The Hall–Kier alpha value is -2.35. The lowest BCUT2D eigenvalue weighted by Crippen LogP contribution is -2.27. The van der Waals surface area contributed by atoms with Crippen molar-refractivity contribution in [2.45, 2.75) is 65.3 Å². The minimum Gasteiger partial charge on any atom is -0.491 e. The maximum Gasteiger partial charge on any atom is 0.127 e. The molecule has 2 aliphatic rings. The first-order valence-electron chi connectivity index (χ1n) is 12.2. The van der Waals surface area contributed by atoms with Crippen molar-refractivity contribution in [3.05, 3.63) is 48.3 Å². The lowest BCUT2D eigenvalue weighted by Gasteiger charge is -2.26. The third kappa shape index (κ3) is 7.06. The number of fused-ring (bicyclic) bond motifs is 4. The Balaban J connectivity index is 0.00000149. The summed E-state index contributed by atoms with van der Waals surface area (Å²) in [5.41, 5.74) is 3.83. The Morgan fingerprint density at radius 2 is 1.91 bits per heavy atom. The van der Waals surface area contributed by atoms with Gasteiger partial charge in [0.2, 0.25) is 0 Å². The molecular formula is C26H39N3O4. The molecular weight excluding hydrogens is 418 g/mol. The van der Waals surface area contributed by atoms with Gasteiger partial charge < -0.3 is 24.3 Å². The molecule has 2 unspecified atom stereocenters. The van der Waals surface area contributed by atoms with E-state index in [1.807, 2.05) is 56.0 Å². The lowest BCUT2D eigenvalue weighted by molar-refractivity contribution is -0.0109. The first kappa shape index (κ1) is 25.3. The summed E-state index contributed by atoms with van der Waals surface area (Å²) in [6.07, 6.45) is 7.14. The van der Waals surface area contributed by atoms with Crippen LogP contribution in [0.3, 0.4) is 0 Å². The van der Waals surface area contributed by atoms with E-state index in [1.165, 1.54) is 6.42 Å². The predicted molar refractivity (Wildman–Crippen MR) is 132 cm³/mol. The number of anilines is 1. The van der Waals surface area contributed by atoms with Crippen molar-refractivity contribution in [2.75, 3.05) is 38.4 Å². The summed E-state index contributed by atoms with van der Waals surface area (Å²) in [6, 6.07) is 6.18. The van der Waals surface area contributed by atoms with Crippen LogP contribution in [-0.4, -0.2) is 55.1 Å². The van der Waals surface area contributed by atoms with Crippen molar-refractivity contribution in [2.24, 2.45) is 0 Å². The largest absolute Gasteiger partial charge is 0.491 e. The maximum atomic E-state index is 6.02. The average Bonchev–Trinajstić information content (AvgIpc) is 3.34. The second-order valence-electron chi connectivity index (χ2n) is 8.31. The summed E-state index contributed by atoms with van der Waals surface area (Å²) >= 11 is 0. The fraction of sp³-hybridized carbons (Fsp3) is 0.577. The van der Waals surface area contributed by atoms with Gasteiger partial charge in [-0.25, -0.2) is 0 Å². The van der Waals surface area contributed by atoms with Crippen LogP contribution >= 0.6 is 0 Å². The second kappa shape index (κ2) is 12.8. The highest BCUT2D eigenvalue weighted by Gasteiger charge is 2.19. The summed E-state index contributed by atoms with van der Waals surface area (Å²) in [5, 5.41) is 8.09. The molecule has 0 amide bonds. The van der Waals surface area contributed by atoms with Crippen LogP contribution in [-0.2, 0) is 14.2 Å². The van der Waals surface area contributed by atoms with Crippen molar-refractivity contribution in [1.29, 1.82) is 0 Å². The molecule has 1 N–H and O–H groups in total. The van der Waals surface area contributed by atoms with Gasteiger partial charge in [0.15, 0.2) is 0 Å². The smallest absolute Gasteiger partial charge is 0.127 e. The molecule has 3 atom stereocenters. The summed E-state index contributed by atoms with van der Waals surface area (Å²) in [4.78, 5) is 0. The molecule has 3 heterocycles. The fourth-order valence-corrected chi connectivity index (χ4v) is 3.81. The average molecular weight is 458 g/mol. The molecule has 1 aromatic heterocycles. The number of benzene rings is 1. The van der Waals surface area contributed by atoms with Crippen LogP contribution in [0, 0.1) is 0 Å². The van der Waals surface area contributed by atoms with E-state index in [1.54, 1.807) is 0 Å². The van der Waals surface area contributed by atoms with Gasteiger partial charge in [0.25, 0.3) is 0 Å². The lowest BCUT2D eigenvalue weighted by atomic mass is 9.99. The summed E-state index contributed by atoms with van der Waals surface area (Å²) in [5.74, 6) is 0.783. The van der Waals surface area contributed by atoms with Gasteiger partial charge in [-0.3, -0.25) is 4.68 Å². The van der Waals surface area contributed by atoms with Gasteiger partial charge in [-0.1, -0.05) is 20.4 Å². The Morgan fingerprint density at radius 1 is 1.06 bits per heavy atom. The van der Waals surface area contributed by atoms with Crippen LogP contribution in [0.2, 0.25) is 0 Å². The van der Waals surface area contributed by atoms with Crippen LogP contribution < -0.4 is 10.1 Å². The normalized spacial score (nSPS) is 24.2. The molecule has 2 aliphatic heterocycles. The van der Waals surface area contributed by atoms with Crippen molar-refractivity contribution >= 4 is 11.3 Å². The van der Waals surface area contributed by atoms with E-state index in [2.05, 4.69) is 23.9 Å². The Morgan fingerprint density at radius 3 is 2.70 bits per heavy atom. The van der Waals surface area contributed by atoms with Gasteiger partial charge >= 0.3 is 0 Å². The number of hydrogen-bond donors (Lipinski definition) is 1. The molecule has 33 heavy (non-hydrogen) atoms. The van der Waals surface area contributed by atoms with Crippen molar-refractivity contribution in [3.63, 3.8) is 0 Å². The number of nitrogens with one attached hydrogen (secondary N) is 1. The maximum absolute atomic E-state index is 6.02. The third-order valence-corrected chi connectivity index (χ3v) is 5.69. The van der Waals surface area contributed by atoms with Crippen molar-refractivity contribution in [3.8, 4) is 5.75 Å². The molecule has 1 aromatic carbocycles. The molecule has 0 spiro atoms. The van der Waals surface area contributed by atoms with Gasteiger partial charge in [-0.2, -0.15) is 5.10 Å². The molecule has 4 rings (SSSR count). The third-order valence-electron chi connectivity index (χ3n) is 5.69. The molecule has 2 aromatic rings. The molecule has 7 heteroatoms. The Kier molecular flexibility index (Phi) is 9.78. The van der Waals surface area contributed by atoms with E-state index >= 15 is 0 Å². The van der Waals surface area contributed by atoms with Crippen LogP contribution in [0.1, 0.15) is 64.1 Å². The molecule has 4 bridgehead atoms. The molecule has 1 fully saturated rings. The van der Waals surface area contributed by atoms with E-state index in [-0.39, 0.29) is 18.4 Å².